The minimum Gasteiger partial charge on any atom is -0.339 e. The van der Waals surface area contributed by atoms with Crippen LogP contribution in [0.25, 0.3) is 0 Å². The van der Waals surface area contributed by atoms with E-state index >= 15 is 0 Å². The Balaban J connectivity index is 1.65. The number of nitrogens with zero attached hydrogens (tertiary/aromatic N) is 2. The number of fused-ring (bicyclic) bond motifs is 1. The number of aromatic nitrogens is 2. The molecule has 1 aromatic rings. The lowest BCUT2D eigenvalue weighted by Gasteiger charge is -2.38. The molecule has 0 amide bonds. The highest BCUT2D eigenvalue weighted by molar-refractivity contribution is 4.99. The summed E-state index contributed by atoms with van der Waals surface area (Å²) in [5.74, 6) is 4.02. The molecule has 2 saturated carbocycles. The van der Waals surface area contributed by atoms with E-state index in [2.05, 4.69) is 10.1 Å². The first-order valence-electron chi connectivity index (χ1n) is 7.39. The first kappa shape index (κ1) is 12.2. The Labute approximate surface area is 108 Å². The van der Waals surface area contributed by atoms with E-state index in [0.717, 1.165) is 30.0 Å². The molecule has 0 bridgehead atoms. The van der Waals surface area contributed by atoms with Crippen molar-refractivity contribution in [3.05, 3.63) is 11.7 Å². The molecule has 2 aliphatic carbocycles. The van der Waals surface area contributed by atoms with Gasteiger partial charge in [-0.1, -0.05) is 30.8 Å². The highest BCUT2D eigenvalue weighted by Crippen LogP contribution is 2.45. The minimum absolute atomic E-state index is 0.503. The van der Waals surface area contributed by atoms with Crippen LogP contribution >= 0.6 is 0 Å². The number of hydrogen-bond donors (Lipinski definition) is 1. The van der Waals surface area contributed by atoms with Crippen LogP contribution in [0.5, 0.6) is 0 Å². The van der Waals surface area contributed by atoms with Gasteiger partial charge in [-0.3, -0.25) is 0 Å². The number of hydrogen-bond acceptors (Lipinski definition) is 4. The van der Waals surface area contributed by atoms with Crippen LogP contribution < -0.4 is 5.73 Å². The summed E-state index contributed by atoms with van der Waals surface area (Å²) in [6.45, 7) is 0.592. The zero-order valence-corrected chi connectivity index (χ0v) is 11.0. The molecule has 3 unspecified atom stereocenters. The molecule has 0 radical (unpaired) electrons. The molecule has 3 atom stereocenters. The topological polar surface area (TPSA) is 64.9 Å². The minimum atomic E-state index is 0.503. The first-order chi connectivity index (χ1) is 8.86. The maximum Gasteiger partial charge on any atom is 0.229 e. The van der Waals surface area contributed by atoms with Crippen molar-refractivity contribution in [1.29, 1.82) is 0 Å². The Hall–Kier alpha value is -0.900. The van der Waals surface area contributed by atoms with Crippen molar-refractivity contribution in [3.63, 3.8) is 0 Å². The molecule has 2 fully saturated rings. The normalized spacial score (nSPS) is 32.2. The van der Waals surface area contributed by atoms with E-state index in [1.165, 1.54) is 44.9 Å². The quantitative estimate of drug-likeness (QED) is 0.894. The van der Waals surface area contributed by atoms with Crippen molar-refractivity contribution in [2.24, 2.45) is 17.6 Å². The summed E-state index contributed by atoms with van der Waals surface area (Å²) in [4.78, 5) is 4.50. The summed E-state index contributed by atoms with van der Waals surface area (Å²) in [5, 5.41) is 4.02. The molecule has 2 N–H and O–H groups in total. The lowest BCUT2D eigenvalue weighted by molar-refractivity contribution is 0.142. The molecule has 0 saturated heterocycles. The second-order valence-electron chi connectivity index (χ2n) is 5.90. The van der Waals surface area contributed by atoms with Crippen molar-refractivity contribution in [2.45, 2.75) is 57.3 Å². The van der Waals surface area contributed by atoms with Crippen LogP contribution in [0, 0.1) is 11.8 Å². The Morgan fingerprint density at radius 2 is 1.94 bits per heavy atom. The van der Waals surface area contributed by atoms with Crippen molar-refractivity contribution >= 4 is 0 Å². The van der Waals surface area contributed by atoms with Gasteiger partial charge in [0.2, 0.25) is 5.89 Å². The monoisotopic (exact) mass is 249 g/mol. The molecule has 0 aliphatic heterocycles. The third-order valence-corrected chi connectivity index (χ3v) is 4.74. The average molecular weight is 249 g/mol. The maximum absolute atomic E-state index is 5.51. The Morgan fingerprint density at radius 1 is 1.11 bits per heavy atom. The number of nitrogens with two attached hydrogens (primary N) is 1. The van der Waals surface area contributed by atoms with Crippen LogP contribution in [0.3, 0.4) is 0 Å². The standard InChI is InChI=1S/C14H23N3O/c15-8-7-13-16-14(18-17-13)12-6-5-10-3-1-2-4-11(10)9-12/h10-12H,1-9,15H2. The molecule has 18 heavy (non-hydrogen) atoms. The first-order valence-corrected chi connectivity index (χ1v) is 7.39. The molecular formula is C14H23N3O. The van der Waals surface area contributed by atoms with Crippen molar-refractivity contribution < 1.29 is 4.52 Å². The second kappa shape index (κ2) is 5.39. The predicted molar refractivity (Wildman–Crippen MR) is 69.1 cm³/mol. The fourth-order valence-corrected chi connectivity index (χ4v) is 3.76. The van der Waals surface area contributed by atoms with Crippen LogP contribution in [-0.2, 0) is 6.42 Å². The summed E-state index contributed by atoms with van der Waals surface area (Å²) < 4.78 is 5.42. The van der Waals surface area contributed by atoms with Gasteiger partial charge in [-0.15, -0.1) is 0 Å². The predicted octanol–water partition coefficient (Wildman–Crippen LogP) is 2.64. The Morgan fingerprint density at radius 3 is 2.78 bits per heavy atom. The van der Waals surface area contributed by atoms with Gasteiger partial charge in [0.15, 0.2) is 5.82 Å². The van der Waals surface area contributed by atoms with E-state index in [4.69, 9.17) is 10.3 Å². The molecule has 1 heterocycles. The van der Waals surface area contributed by atoms with E-state index in [1.54, 1.807) is 0 Å². The van der Waals surface area contributed by atoms with Crippen molar-refractivity contribution in [3.8, 4) is 0 Å². The van der Waals surface area contributed by atoms with E-state index < -0.39 is 0 Å². The molecule has 0 aromatic carbocycles. The van der Waals surface area contributed by atoms with Crippen molar-refractivity contribution in [1.82, 2.24) is 10.1 Å². The van der Waals surface area contributed by atoms with Gasteiger partial charge < -0.3 is 10.3 Å². The summed E-state index contributed by atoms with van der Waals surface area (Å²) in [6, 6.07) is 0. The van der Waals surface area contributed by atoms with Crippen LogP contribution in [0.4, 0.5) is 0 Å². The van der Waals surface area contributed by atoms with Crippen molar-refractivity contribution in [2.75, 3.05) is 6.54 Å². The molecule has 0 spiro atoms. The summed E-state index contributed by atoms with van der Waals surface area (Å²) in [6.07, 6.45) is 10.3. The molecule has 4 nitrogen and oxygen atoms in total. The molecule has 4 heteroatoms. The van der Waals surface area contributed by atoms with Gasteiger partial charge in [-0.2, -0.15) is 4.98 Å². The average Bonchev–Trinajstić information content (AvgIpc) is 2.87. The largest absolute Gasteiger partial charge is 0.339 e. The van der Waals surface area contributed by atoms with E-state index in [9.17, 15) is 0 Å². The van der Waals surface area contributed by atoms with Gasteiger partial charge in [0.25, 0.3) is 0 Å². The maximum atomic E-state index is 5.51. The highest BCUT2D eigenvalue weighted by atomic mass is 16.5. The number of rotatable bonds is 3. The second-order valence-corrected chi connectivity index (χ2v) is 5.90. The lowest BCUT2D eigenvalue weighted by atomic mass is 9.67. The van der Waals surface area contributed by atoms with Gasteiger partial charge in [-0.25, -0.2) is 0 Å². The fraction of sp³-hybridized carbons (Fsp3) is 0.857. The fourth-order valence-electron chi connectivity index (χ4n) is 3.76. The summed E-state index contributed by atoms with van der Waals surface area (Å²) in [7, 11) is 0. The molecule has 3 rings (SSSR count). The SMILES string of the molecule is NCCc1noc(C2CCC3CCCCC3C2)n1. The van der Waals surface area contributed by atoms with Gasteiger partial charge in [0.05, 0.1) is 0 Å². The lowest BCUT2D eigenvalue weighted by Crippen LogP contribution is -2.27. The summed E-state index contributed by atoms with van der Waals surface area (Å²) >= 11 is 0. The highest BCUT2D eigenvalue weighted by Gasteiger charge is 2.34. The van der Waals surface area contributed by atoms with Gasteiger partial charge in [-0.05, 0) is 37.6 Å². The van der Waals surface area contributed by atoms with E-state index in [0.29, 0.717) is 12.5 Å². The molecule has 1 aromatic heterocycles. The van der Waals surface area contributed by atoms with Gasteiger partial charge in [0, 0.05) is 12.3 Å². The molecule has 2 aliphatic rings. The third kappa shape index (κ3) is 2.44. The summed E-state index contributed by atoms with van der Waals surface area (Å²) in [5.41, 5.74) is 5.51. The van der Waals surface area contributed by atoms with E-state index in [1.807, 2.05) is 0 Å². The molecular weight excluding hydrogens is 226 g/mol. The van der Waals surface area contributed by atoms with Crippen LogP contribution in [0.2, 0.25) is 0 Å². The van der Waals surface area contributed by atoms with Gasteiger partial charge >= 0.3 is 0 Å². The van der Waals surface area contributed by atoms with Crippen LogP contribution in [0.1, 0.15) is 62.6 Å². The van der Waals surface area contributed by atoms with Crippen LogP contribution in [-0.4, -0.2) is 16.7 Å². The van der Waals surface area contributed by atoms with Gasteiger partial charge in [0.1, 0.15) is 0 Å². The van der Waals surface area contributed by atoms with E-state index in [-0.39, 0.29) is 0 Å². The zero-order chi connectivity index (χ0) is 12.4. The Bertz CT molecular complexity index is 390. The zero-order valence-electron chi connectivity index (χ0n) is 11.0. The van der Waals surface area contributed by atoms with Crippen LogP contribution in [0.15, 0.2) is 4.52 Å². The third-order valence-electron chi connectivity index (χ3n) is 4.74. The molecule has 100 valence electrons. The smallest absolute Gasteiger partial charge is 0.229 e. The Kier molecular flexibility index (Phi) is 3.64.